The zero-order chi connectivity index (χ0) is 13.0. The summed E-state index contributed by atoms with van der Waals surface area (Å²) in [5.41, 5.74) is 0. The fraction of sp³-hybridized carbons (Fsp3) is 0.727. The Morgan fingerprint density at radius 1 is 1.50 bits per heavy atom. The number of cyclic esters (lactones) is 1. The molecule has 3 amide bonds. The average Bonchev–Trinajstić information content (AvgIpc) is 2.94. The molecule has 1 unspecified atom stereocenters. The summed E-state index contributed by atoms with van der Waals surface area (Å²) in [5, 5.41) is 5.36. The third-order valence-electron chi connectivity index (χ3n) is 3.06. The Morgan fingerprint density at radius 3 is 2.94 bits per heavy atom. The van der Waals surface area contributed by atoms with E-state index in [0.717, 1.165) is 0 Å². The van der Waals surface area contributed by atoms with Gasteiger partial charge in [0, 0.05) is 19.5 Å². The van der Waals surface area contributed by atoms with Crippen molar-refractivity contribution in [2.75, 3.05) is 26.2 Å². The number of hydrogen-bond acceptors (Lipinski definition) is 4. The minimum Gasteiger partial charge on any atom is -0.448 e. The van der Waals surface area contributed by atoms with Gasteiger partial charge < -0.3 is 20.3 Å². The quantitative estimate of drug-likeness (QED) is 0.631. The first kappa shape index (κ1) is 12.7. The maximum absolute atomic E-state index is 11.6. The molecule has 0 spiro atoms. The molecule has 2 saturated heterocycles. The van der Waals surface area contributed by atoms with Gasteiger partial charge in [-0.2, -0.15) is 0 Å². The number of nitrogens with one attached hydrogen (secondary N) is 2. The van der Waals surface area contributed by atoms with Gasteiger partial charge in [-0.1, -0.05) is 0 Å². The zero-order valence-corrected chi connectivity index (χ0v) is 10.1. The fourth-order valence-electron chi connectivity index (χ4n) is 2.04. The van der Waals surface area contributed by atoms with Crippen molar-refractivity contribution in [3.05, 3.63) is 0 Å². The average molecular weight is 255 g/mol. The first-order chi connectivity index (χ1) is 8.66. The third kappa shape index (κ3) is 3.12. The first-order valence-electron chi connectivity index (χ1n) is 6.15. The lowest BCUT2D eigenvalue weighted by atomic mass is 10.2. The Labute approximate surface area is 105 Å². The second-order valence-electron chi connectivity index (χ2n) is 4.40. The number of carbonyl (C=O) groups excluding carboxylic acids is 3. The van der Waals surface area contributed by atoms with Crippen LogP contribution in [0.25, 0.3) is 0 Å². The molecule has 0 aromatic heterocycles. The molecule has 2 heterocycles. The normalized spacial score (nSPS) is 22.9. The number of ether oxygens (including phenoxy) is 1. The molecule has 0 aromatic rings. The Kier molecular flexibility index (Phi) is 4.01. The van der Waals surface area contributed by atoms with Crippen LogP contribution in [0.15, 0.2) is 0 Å². The van der Waals surface area contributed by atoms with E-state index in [0.29, 0.717) is 45.5 Å². The molecule has 2 aliphatic heterocycles. The van der Waals surface area contributed by atoms with E-state index in [1.54, 1.807) is 4.90 Å². The van der Waals surface area contributed by atoms with Crippen molar-refractivity contribution >= 4 is 17.9 Å². The Bertz CT molecular complexity index is 358. The lowest BCUT2D eigenvalue weighted by Gasteiger charge is -2.14. The monoisotopic (exact) mass is 255 g/mol. The van der Waals surface area contributed by atoms with E-state index >= 15 is 0 Å². The van der Waals surface area contributed by atoms with Crippen LogP contribution >= 0.6 is 0 Å². The van der Waals surface area contributed by atoms with Crippen LogP contribution in [-0.4, -0.2) is 55.1 Å². The molecule has 7 heteroatoms. The van der Waals surface area contributed by atoms with Gasteiger partial charge in [0.15, 0.2) is 0 Å². The van der Waals surface area contributed by atoms with Crippen LogP contribution < -0.4 is 10.6 Å². The van der Waals surface area contributed by atoms with Crippen molar-refractivity contribution in [1.82, 2.24) is 15.5 Å². The maximum atomic E-state index is 11.6. The van der Waals surface area contributed by atoms with Crippen molar-refractivity contribution in [1.29, 1.82) is 0 Å². The van der Waals surface area contributed by atoms with Gasteiger partial charge in [0.05, 0.1) is 6.54 Å². The predicted octanol–water partition coefficient (Wildman–Crippen LogP) is -0.776. The van der Waals surface area contributed by atoms with E-state index < -0.39 is 6.04 Å². The van der Waals surface area contributed by atoms with Crippen LogP contribution in [-0.2, 0) is 14.3 Å². The number of carbonyl (C=O) groups is 3. The van der Waals surface area contributed by atoms with Crippen LogP contribution in [0.1, 0.15) is 19.3 Å². The maximum Gasteiger partial charge on any atom is 0.409 e. The molecular formula is C11H17N3O4. The SMILES string of the molecule is O=C1CCC(C(=O)NCCCN2CCOC2=O)N1. The summed E-state index contributed by atoms with van der Waals surface area (Å²) in [5.74, 6) is -0.222. The van der Waals surface area contributed by atoms with Crippen LogP contribution in [0, 0.1) is 0 Å². The van der Waals surface area contributed by atoms with Crippen LogP contribution in [0.5, 0.6) is 0 Å². The Morgan fingerprint density at radius 2 is 2.33 bits per heavy atom. The molecule has 0 aromatic carbocycles. The fourth-order valence-corrected chi connectivity index (χ4v) is 2.04. The number of rotatable bonds is 5. The van der Waals surface area contributed by atoms with Gasteiger partial charge in [0.2, 0.25) is 11.8 Å². The highest BCUT2D eigenvalue weighted by molar-refractivity contribution is 5.90. The van der Waals surface area contributed by atoms with Gasteiger partial charge in [0.25, 0.3) is 0 Å². The molecule has 2 fully saturated rings. The van der Waals surface area contributed by atoms with E-state index in [1.807, 2.05) is 0 Å². The lowest BCUT2D eigenvalue weighted by molar-refractivity contribution is -0.125. The highest BCUT2D eigenvalue weighted by Crippen LogP contribution is 2.06. The van der Waals surface area contributed by atoms with Crippen molar-refractivity contribution < 1.29 is 19.1 Å². The predicted molar refractivity (Wildman–Crippen MR) is 61.7 cm³/mol. The van der Waals surface area contributed by atoms with Gasteiger partial charge in [0.1, 0.15) is 12.6 Å². The van der Waals surface area contributed by atoms with Gasteiger partial charge in [-0.25, -0.2) is 4.79 Å². The largest absolute Gasteiger partial charge is 0.448 e. The second kappa shape index (κ2) is 5.70. The van der Waals surface area contributed by atoms with Crippen molar-refractivity contribution in [2.24, 2.45) is 0 Å². The highest BCUT2D eigenvalue weighted by atomic mass is 16.6. The van der Waals surface area contributed by atoms with Gasteiger partial charge >= 0.3 is 6.09 Å². The van der Waals surface area contributed by atoms with Crippen LogP contribution in [0.2, 0.25) is 0 Å². The van der Waals surface area contributed by atoms with Crippen LogP contribution in [0.4, 0.5) is 4.79 Å². The highest BCUT2D eigenvalue weighted by Gasteiger charge is 2.27. The first-order valence-corrected chi connectivity index (χ1v) is 6.15. The minimum absolute atomic E-state index is 0.0741. The van der Waals surface area contributed by atoms with Crippen molar-refractivity contribution in [2.45, 2.75) is 25.3 Å². The number of nitrogens with zero attached hydrogens (tertiary/aromatic N) is 1. The molecule has 100 valence electrons. The number of amides is 3. The van der Waals surface area contributed by atoms with E-state index in [1.165, 1.54) is 0 Å². The third-order valence-corrected chi connectivity index (χ3v) is 3.06. The molecular weight excluding hydrogens is 238 g/mol. The molecule has 1 atom stereocenters. The smallest absolute Gasteiger partial charge is 0.409 e. The summed E-state index contributed by atoms with van der Waals surface area (Å²) in [4.78, 5) is 35.3. The summed E-state index contributed by atoms with van der Waals surface area (Å²) in [6.07, 6.45) is 1.37. The summed E-state index contributed by atoms with van der Waals surface area (Å²) in [7, 11) is 0. The van der Waals surface area contributed by atoms with E-state index in [9.17, 15) is 14.4 Å². The molecule has 2 rings (SSSR count). The van der Waals surface area contributed by atoms with Crippen molar-refractivity contribution in [3.63, 3.8) is 0 Å². The lowest BCUT2D eigenvalue weighted by Crippen LogP contribution is -2.42. The summed E-state index contributed by atoms with van der Waals surface area (Å²) >= 11 is 0. The summed E-state index contributed by atoms with van der Waals surface area (Å²) in [6, 6.07) is -0.394. The summed E-state index contributed by atoms with van der Waals surface area (Å²) in [6.45, 7) is 2.13. The summed E-state index contributed by atoms with van der Waals surface area (Å²) < 4.78 is 4.79. The van der Waals surface area contributed by atoms with E-state index in [4.69, 9.17) is 4.74 Å². The standard InChI is InChI=1S/C11H17N3O4/c15-9-3-2-8(13-9)10(16)12-4-1-5-14-6-7-18-11(14)17/h8H,1-7H2,(H,12,16)(H,13,15). The topological polar surface area (TPSA) is 87.7 Å². The van der Waals surface area contributed by atoms with Crippen LogP contribution in [0.3, 0.4) is 0 Å². The van der Waals surface area contributed by atoms with Gasteiger partial charge in [-0.05, 0) is 12.8 Å². The molecule has 0 radical (unpaired) electrons. The van der Waals surface area contributed by atoms with E-state index in [2.05, 4.69) is 10.6 Å². The molecule has 18 heavy (non-hydrogen) atoms. The second-order valence-corrected chi connectivity index (χ2v) is 4.40. The number of hydrogen-bond donors (Lipinski definition) is 2. The Hall–Kier alpha value is -1.79. The molecule has 0 bridgehead atoms. The zero-order valence-electron chi connectivity index (χ0n) is 10.1. The molecule has 0 aliphatic carbocycles. The molecule has 0 saturated carbocycles. The molecule has 7 nitrogen and oxygen atoms in total. The minimum atomic E-state index is -0.394. The van der Waals surface area contributed by atoms with E-state index in [-0.39, 0.29) is 17.9 Å². The van der Waals surface area contributed by atoms with Gasteiger partial charge in [-0.15, -0.1) is 0 Å². The Balaban J connectivity index is 1.59. The molecule has 2 aliphatic rings. The van der Waals surface area contributed by atoms with Crippen molar-refractivity contribution in [3.8, 4) is 0 Å². The van der Waals surface area contributed by atoms with Gasteiger partial charge in [-0.3, -0.25) is 9.59 Å². The molecule has 2 N–H and O–H groups in total.